The number of nitrogens with two attached hydrogens (primary N) is 2. The van der Waals surface area contributed by atoms with Crippen molar-refractivity contribution in [3.05, 3.63) is 35.4 Å². The third kappa shape index (κ3) is 4.71. The first kappa shape index (κ1) is 18.5. The maximum absolute atomic E-state index is 12.2. The second-order valence-corrected chi connectivity index (χ2v) is 5.79. The third-order valence-electron chi connectivity index (χ3n) is 4.11. The van der Waals surface area contributed by atoms with Gasteiger partial charge in [-0.2, -0.15) is 0 Å². The SMILES string of the molecule is Cl.NC(=O)c1cccc(CCNC(=O)C2(N)CCCCC2)c1. The van der Waals surface area contributed by atoms with Gasteiger partial charge in [0, 0.05) is 12.1 Å². The first-order valence-corrected chi connectivity index (χ1v) is 7.47. The molecule has 0 bridgehead atoms. The van der Waals surface area contributed by atoms with Crippen LogP contribution in [0.15, 0.2) is 24.3 Å². The molecule has 6 heteroatoms. The Hall–Kier alpha value is -1.59. The molecule has 1 aromatic carbocycles. The van der Waals surface area contributed by atoms with Crippen molar-refractivity contribution in [1.82, 2.24) is 5.32 Å². The summed E-state index contributed by atoms with van der Waals surface area (Å²) >= 11 is 0. The summed E-state index contributed by atoms with van der Waals surface area (Å²) in [5.74, 6) is -0.503. The van der Waals surface area contributed by atoms with E-state index in [1.165, 1.54) is 0 Å². The Bertz CT molecular complexity index is 528. The Morgan fingerprint density at radius 1 is 1.18 bits per heavy atom. The second-order valence-electron chi connectivity index (χ2n) is 5.79. The van der Waals surface area contributed by atoms with E-state index in [0.29, 0.717) is 18.5 Å². The van der Waals surface area contributed by atoms with Gasteiger partial charge in [0.25, 0.3) is 0 Å². The van der Waals surface area contributed by atoms with Crippen LogP contribution in [0.25, 0.3) is 0 Å². The van der Waals surface area contributed by atoms with Crippen LogP contribution >= 0.6 is 12.4 Å². The zero-order valence-electron chi connectivity index (χ0n) is 12.6. The van der Waals surface area contributed by atoms with E-state index in [1.807, 2.05) is 6.07 Å². The van der Waals surface area contributed by atoms with E-state index in [4.69, 9.17) is 11.5 Å². The summed E-state index contributed by atoms with van der Waals surface area (Å²) in [5, 5.41) is 2.91. The van der Waals surface area contributed by atoms with E-state index in [-0.39, 0.29) is 18.3 Å². The average molecular weight is 326 g/mol. The van der Waals surface area contributed by atoms with Crippen molar-refractivity contribution in [2.75, 3.05) is 6.54 Å². The van der Waals surface area contributed by atoms with Gasteiger partial charge >= 0.3 is 0 Å². The van der Waals surface area contributed by atoms with Crippen LogP contribution in [0.1, 0.15) is 48.0 Å². The number of hydrogen-bond acceptors (Lipinski definition) is 3. The largest absolute Gasteiger partial charge is 0.366 e. The van der Waals surface area contributed by atoms with Gasteiger partial charge in [-0.15, -0.1) is 12.4 Å². The van der Waals surface area contributed by atoms with Gasteiger partial charge in [-0.25, -0.2) is 0 Å². The van der Waals surface area contributed by atoms with E-state index in [2.05, 4.69) is 5.32 Å². The molecule has 1 fully saturated rings. The molecule has 0 heterocycles. The summed E-state index contributed by atoms with van der Waals surface area (Å²) in [6, 6.07) is 7.15. The highest BCUT2D eigenvalue weighted by molar-refractivity contribution is 5.92. The number of halogens is 1. The Balaban J connectivity index is 0.00000242. The molecular formula is C16H24ClN3O2. The Morgan fingerprint density at radius 3 is 2.50 bits per heavy atom. The number of nitrogens with one attached hydrogen (secondary N) is 1. The molecule has 0 radical (unpaired) electrons. The predicted molar refractivity (Wildman–Crippen MR) is 88.9 cm³/mol. The zero-order chi connectivity index (χ0) is 15.3. The lowest BCUT2D eigenvalue weighted by atomic mass is 9.82. The molecule has 1 aliphatic carbocycles. The van der Waals surface area contributed by atoms with Crippen molar-refractivity contribution in [3.8, 4) is 0 Å². The van der Waals surface area contributed by atoms with E-state index >= 15 is 0 Å². The van der Waals surface area contributed by atoms with Crippen molar-refractivity contribution in [3.63, 3.8) is 0 Å². The van der Waals surface area contributed by atoms with Gasteiger partial charge < -0.3 is 16.8 Å². The van der Waals surface area contributed by atoms with Crippen molar-refractivity contribution < 1.29 is 9.59 Å². The summed E-state index contributed by atoms with van der Waals surface area (Å²) < 4.78 is 0. The first-order chi connectivity index (χ1) is 10.0. The highest BCUT2D eigenvalue weighted by Crippen LogP contribution is 2.25. The predicted octanol–water partition coefficient (Wildman–Crippen LogP) is 1.53. The minimum absolute atomic E-state index is 0. The standard InChI is InChI=1S/C16H23N3O2.ClH/c17-14(20)13-6-4-5-12(11-13)7-10-19-15(21)16(18)8-2-1-3-9-16;/h4-6,11H,1-3,7-10,18H2,(H2,17,20)(H,19,21);1H. The van der Waals surface area contributed by atoms with Gasteiger partial charge in [0.2, 0.25) is 11.8 Å². The topological polar surface area (TPSA) is 98.2 Å². The lowest BCUT2D eigenvalue weighted by molar-refractivity contribution is -0.127. The molecule has 5 N–H and O–H groups in total. The second kappa shape index (κ2) is 8.15. The van der Waals surface area contributed by atoms with Crippen LogP contribution in [0.2, 0.25) is 0 Å². The van der Waals surface area contributed by atoms with Crippen LogP contribution in [0, 0.1) is 0 Å². The van der Waals surface area contributed by atoms with Crippen LogP contribution in [-0.4, -0.2) is 23.9 Å². The fourth-order valence-electron chi connectivity index (χ4n) is 2.79. The van der Waals surface area contributed by atoms with Crippen molar-refractivity contribution in [2.45, 2.75) is 44.1 Å². The summed E-state index contributed by atoms with van der Waals surface area (Å²) in [6.45, 7) is 0.514. The number of carbonyl (C=O) groups excluding carboxylic acids is 2. The summed E-state index contributed by atoms with van der Waals surface area (Å²) in [7, 11) is 0. The molecule has 2 rings (SSSR count). The molecule has 0 spiro atoms. The number of amides is 2. The minimum Gasteiger partial charge on any atom is -0.366 e. The average Bonchev–Trinajstić information content (AvgIpc) is 2.48. The molecule has 0 atom stereocenters. The van der Waals surface area contributed by atoms with Gasteiger partial charge in [-0.05, 0) is 37.0 Å². The normalized spacial score (nSPS) is 16.4. The van der Waals surface area contributed by atoms with Crippen molar-refractivity contribution in [2.24, 2.45) is 11.5 Å². The zero-order valence-corrected chi connectivity index (χ0v) is 13.5. The fraction of sp³-hybridized carbons (Fsp3) is 0.500. The van der Waals surface area contributed by atoms with Crippen LogP contribution < -0.4 is 16.8 Å². The number of carbonyl (C=O) groups is 2. The van der Waals surface area contributed by atoms with Crippen molar-refractivity contribution >= 4 is 24.2 Å². The Morgan fingerprint density at radius 2 is 1.86 bits per heavy atom. The molecule has 0 unspecified atom stereocenters. The molecule has 0 aliphatic heterocycles. The summed E-state index contributed by atoms with van der Waals surface area (Å²) in [5.41, 5.74) is 12.2. The fourth-order valence-corrected chi connectivity index (χ4v) is 2.79. The minimum atomic E-state index is -0.701. The molecule has 122 valence electrons. The summed E-state index contributed by atoms with van der Waals surface area (Å²) in [6.07, 6.45) is 5.37. The Labute approximate surface area is 137 Å². The van der Waals surface area contributed by atoms with Crippen LogP contribution in [-0.2, 0) is 11.2 Å². The van der Waals surface area contributed by atoms with Gasteiger partial charge in [0.05, 0.1) is 5.54 Å². The highest BCUT2D eigenvalue weighted by Gasteiger charge is 2.34. The van der Waals surface area contributed by atoms with E-state index in [0.717, 1.165) is 37.7 Å². The van der Waals surface area contributed by atoms with Gasteiger partial charge in [-0.3, -0.25) is 9.59 Å². The smallest absolute Gasteiger partial charge is 0.248 e. The monoisotopic (exact) mass is 325 g/mol. The maximum atomic E-state index is 12.2. The van der Waals surface area contributed by atoms with Gasteiger partial charge in [0.15, 0.2) is 0 Å². The highest BCUT2D eigenvalue weighted by atomic mass is 35.5. The molecule has 0 saturated heterocycles. The summed E-state index contributed by atoms with van der Waals surface area (Å²) in [4.78, 5) is 23.3. The number of rotatable bonds is 5. The van der Waals surface area contributed by atoms with Crippen molar-refractivity contribution in [1.29, 1.82) is 0 Å². The molecule has 1 saturated carbocycles. The number of benzene rings is 1. The number of hydrogen-bond donors (Lipinski definition) is 3. The van der Waals surface area contributed by atoms with Gasteiger partial charge in [0.1, 0.15) is 0 Å². The quantitative estimate of drug-likeness (QED) is 0.765. The first-order valence-electron chi connectivity index (χ1n) is 7.47. The van der Waals surface area contributed by atoms with E-state index < -0.39 is 11.4 Å². The molecule has 1 aromatic rings. The third-order valence-corrected chi connectivity index (χ3v) is 4.11. The lowest BCUT2D eigenvalue weighted by Crippen LogP contribution is -2.55. The molecule has 0 aromatic heterocycles. The molecule has 5 nitrogen and oxygen atoms in total. The van der Waals surface area contributed by atoms with E-state index in [9.17, 15) is 9.59 Å². The lowest BCUT2D eigenvalue weighted by Gasteiger charge is -2.31. The van der Waals surface area contributed by atoms with Crippen LogP contribution in [0.5, 0.6) is 0 Å². The Kier molecular flexibility index (Phi) is 6.84. The molecular weight excluding hydrogens is 302 g/mol. The maximum Gasteiger partial charge on any atom is 0.248 e. The van der Waals surface area contributed by atoms with Crippen LogP contribution in [0.3, 0.4) is 0 Å². The number of primary amides is 1. The molecule has 2 amide bonds. The van der Waals surface area contributed by atoms with Crippen LogP contribution in [0.4, 0.5) is 0 Å². The van der Waals surface area contributed by atoms with E-state index in [1.54, 1.807) is 18.2 Å². The molecule has 22 heavy (non-hydrogen) atoms. The van der Waals surface area contributed by atoms with Gasteiger partial charge in [-0.1, -0.05) is 31.4 Å². The molecule has 1 aliphatic rings.